The Bertz CT molecular complexity index is 1260. The number of aromatic nitrogens is 3. The van der Waals surface area contributed by atoms with E-state index in [0.717, 1.165) is 5.56 Å². The van der Waals surface area contributed by atoms with Gasteiger partial charge < -0.3 is 21.1 Å². The number of nitrogens with zero attached hydrogens (tertiary/aromatic N) is 4. The van der Waals surface area contributed by atoms with E-state index in [0.29, 0.717) is 29.1 Å². The average molecular weight is 496 g/mol. The lowest BCUT2D eigenvalue weighted by atomic mass is 10.0. The number of benzene rings is 2. The third-order valence-corrected chi connectivity index (χ3v) is 5.56. The highest BCUT2D eigenvalue weighted by molar-refractivity contribution is 5.90. The molecule has 36 heavy (non-hydrogen) atoms. The normalized spacial score (nSPS) is 15.0. The zero-order chi connectivity index (χ0) is 25.7. The number of carbonyl (C=O) groups excluding carboxylic acids is 3. The molecule has 3 amide bonds. The molecule has 11 nitrogen and oxygen atoms in total. The number of amides is 3. The molecule has 1 saturated heterocycles. The minimum Gasteiger partial charge on any atom is -0.442 e. The average Bonchev–Trinajstić information content (AvgIpc) is 3.47. The van der Waals surface area contributed by atoms with Gasteiger partial charge in [0, 0.05) is 12.5 Å². The summed E-state index contributed by atoms with van der Waals surface area (Å²) in [6, 6.07) is 11.9. The maximum absolute atomic E-state index is 15.0. The second-order valence-electron chi connectivity index (χ2n) is 8.30. The van der Waals surface area contributed by atoms with E-state index in [4.69, 9.17) is 10.5 Å². The van der Waals surface area contributed by atoms with E-state index < -0.39 is 18.0 Å². The maximum Gasteiger partial charge on any atom is 0.414 e. The van der Waals surface area contributed by atoms with E-state index in [9.17, 15) is 18.8 Å². The summed E-state index contributed by atoms with van der Waals surface area (Å²) in [5, 5.41) is 13.3. The molecule has 2 heterocycles. The fourth-order valence-corrected chi connectivity index (χ4v) is 3.74. The van der Waals surface area contributed by atoms with Crippen LogP contribution in [0.4, 0.5) is 14.9 Å². The van der Waals surface area contributed by atoms with Gasteiger partial charge in [0.15, 0.2) is 0 Å². The quantitative estimate of drug-likeness (QED) is 0.404. The molecule has 4 rings (SSSR count). The predicted octanol–water partition coefficient (Wildman–Crippen LogP) is 1.17. The van der Waals surface area contributed by atoms with Crippen LogP contribution in [0.1, 0.15) is 18.2 Å². The van der Waals surface area contributed by atoms with Gasteiger partial charge in [-0.3, -0.25) is 14.5 Å². The molecule has 0 unspecified atom stereocenters. The predicted molar refractivity (Wildman–Crippen MR) is 128 cm³/mol. The molecule has 0 aliphatic carbocycles. The summed E-state index contributed by atoms with van der Waals surface area (Å²) in [6.45, 7) is 2.41. The topological polar surface area (TPSA) is 144 Å². The second kappa shape index (κ2) is 11.0. The molecule has 0 spiro atoms. The SMILES string of the molecule is CC(=O)NC[C@H]1CN(c2ccc(-c3ccc(Cn4cc(CNC(=O)CN)nn4)cc3)c(F)c2)C(=O)O1. The zero-order valence-electron chi connectivity index (χ0n) is 19.6. The molecule has 188 valence electrons. The number of hydrogen-bond acceptors (Lipinski definition) is 7. The zero-order valence-corrected chi connectivity index (χ0v) is 19.6. The van der Waals surface area contributed by atoms with Gasteiger partial charge in [-0.05, 0) is 29.3 Å². The fourth-order valence-electron chi connectivity index (χ4n) is 3.74. The van der Waals surface area contributed by atoms with Gasteiger partial charge >= 0.3 is 6.09 Å². The van der Waals surface area contributed by atoms with E-state index >= 15 is 0 Å². The molecule has 0 saturated carbocycles. The maximum atomic E-state index is 15.0. The highest BCUT2D eigenvalue weighted by Crippen LogP contribution is 2.29. The van der Waals surface area contributed by atoms with Crippen LogP contribution in [0.15, 0.2) is 48.7 Å². The van der Waals surface area contributed by atoms with Crippen molar-refractivity contribution in [3.05, 3.63) is 65.7 Å². The monoisotopic (exact) mass is 495 g/mol. The number of cyclic esters (lactones) is 1. The summed E-state index contributed by atoms with van der Waals surface area (Å²) in [4.78, 5) is 35.9. The Morgan fingerprint density at radius 2 is 1.97 bits per heavy atom. The van der Waals surface area contributed by atoms with E-state index in [1.165, 1.54) is 17.9 Å². The van der Waals surface area contributed by atoms with Gasteiger partial charge in [0.1, 0.15) is 17.6 Å². The lowest BCUT2D eigenvalue weighted by Crippen LogP contribution is -2.33. The van der Waals surface area contributed by atoms with Crippen molar-refractivity contribution in [2.75, 3.05) is 24.5 Å². The number of halogens is 1. The molecular formula is C24H26FN7O4. The third kappa shape index (κ3) is 6.02. The Morgan fingerprint density at radius 1 is 1.19 bits per heavy atom. The molecule has 0 radical (unpaired) electrons. The van der Waals surface area contributed by atoms with Crippen LogP contribution in [0.2, 0.25) is 0 Å². The van der Waals surface area contributed by atoms with Gasteiger partial charge in [-0.25, -0.2) is 13.9 Å². The van der Waals surface area contributed by atoms with E-state index in [1.54, 1.807) is 35.1 Å². The second-order valence-corrected chi connectivity index (χ2v) is 8.30. The highest BCUT2D eigenvalue weighted by Gasteiger charge is 2.32. The molecule has 3 aromatic rings. The van der Waals surface area contributed by atoms with Crippen LogP contribution < -0.4 is 21.3 Å². The van der Waals surface area contributed by atoms with Crippen LogP contribution in [0, 0.1) is 5.82 Å². The molecule has 12 heteroatoms. The van der Waals surface area contributed by atoms with Crippen LogP contribution >= 0.6 is 0 Å². The number of rotatable bonds is 9. The molecule has 1 atom stereocenters. The summed E-state index contributed by atoms with van der Waals surface area (Å²) < 4.78 is 21.9. The summed E-state index contributed by atoms with van der Waals surface area (Å²) in [5.74, 6) is -0.962. The van der Waals surface area contributed by atoms with Gasteiger partial charge in [0.05, 0.1) is 44.6 Å². The Balaban J connectivity index is 1.39. The van der Waals surface area contributed by atoms with E-state index in [-0.39, 0.29) is 38.0 Å². The summed E-state index contributed by atoms with van der Waals surface area (Å²) in [7, 11) is 0. The van der Waals surface area contributed by atoms with Gasteiger partial charge in [-0.2, -0.15) is 0 Å². The standard InChI is InChI=1S/C24H26FN7O4/c1-15(33)27-11-20-14-32(24(35)36-20)19-6-7-21(22(25)8-19)17-4-2-16(3-5-17)12-31-13-18(29-30-31)10-28-23(34)9-26/h2-8,13,20H,9-12,14,26H2,1H3,(H,27,33)(H,28,34)/t20-/m0/s1. The van der Waals surface area contributed by atoms with Crippen LogP contribution in [0.5, 0.6) is 0 Å². The summed E-state index contributed by atoms with van der Waals surface area (Å²) in [5.41, 5.74) is 8.26. The van der Waals surface area contributed by atoms with Crippen molar-refractivity contribution in [1.82, 2.24) is 25.6 Å². The smallest absolute Gasteiger partial charge is 0.414 e. The molecule has 4 N–H and O–H groups in total. The van der Waals surface area contributed by atoms with Crippen molar-refractivity contribution >= 4 is 23.6 Å². The minimum absolute atomic E-state index is 0.0883. The molecule has 1 aliphatic heterocycles. The Morgan fingerprint density at radius 3 is 2.67 bits per heavy atom. The highest BCUT2D eigenvalue weighted by atomic mass is 19.1. The Hall–Kier alpha value is -4.32. The fraction of sp³-hybridized carbons (Fsp3) is 0.292. The number of nitrogens with two attached hydrogens (primary N) is 1. The first-order valence-electron chi connectivity index (χ1n) is 11.3. The number of nitrogens with one attached hydrogen (secondary N) is 2. The Kier molecular flexibility index (Phi) is 7.54. The van der Waals surface area contributed by atoms with Crippen molar-refractivity contribution in [2.24, 2.45) is 5.73 Å². The summed E-state index contributed by atoms with van der Waals surface area (Å²) >= 11 is 0. The van der Waals surface area contributed by atoms with Crippen molar-refractivity contribution in [3.63, 3.8) is 0 Å². The van der Waals surface area contributed by atoms with E-state index in [1.807, 2.05) is 12.1 Å². The minimum atomic E-state index is -0.583. The number of ether oxygens (including phenoxy) is 1. The van der Waals surface area contributed by atoms with Gasteiger partial charge in [0.2, 0.25) is 11.8 Å². The molecular weight excluding hydrogens is 469 g/mol. The van der Waals surface area contributed by atoms with Crippen LogP contribution in [0.25, 0.3) is 11.1 Å². The first-order valence-corrected chi connectivity index (χ1v) is 11.3. The van der Waals surface area contributed by atoms with Gasteiger partial charge in [0.25, 0.3) is 0 Å². The van der Waals surface area contributed by atoms with Gasteiger partial charge in [-0.15, -0.1) is 5.10 Å². The van der Waals surface area contributed by atoms with Crippen molar-refractivity contribution in [3.8, 4) is 11.1 Å². The lowest BCUT2D eigenvalue weighted by molar-refractivity contribution is -0.120. The van der Waals surface area contributed by atoms with Crippen LogP contribution in [0.3, 0.4) is 0 Å². The molecule has 1 fully saturated rings. The van der Waals surface area contributed by atoms with Crippen LogP contribution in [-0.2, 0) is 27.4 Å². The molecule has 1 aliphatic rings. The van der Waals surface area contributed by atoms with Crippen molar-refractivity contribution in [2.45, 2.75) is 26.1 Å². The van der Waals surface area contributed by atoms with Crippen LogP contribution in [-0.4, -0.2) is 58.6 Å². The molecule has 1 aromatic heterocycles. The number of carbonyl (C=O) groups is 3. The van der Waals surface area contributed by atoms with Gasteiger partial charge in [-0.1, -0.05) is 29.5 Å². The molecule has 2 aromatic carbocycles. The van der Waals surface area contributed by atoms with Crippen molar-refractivity contribution in [1.29, 1.82) is 0 Å². The first-order chi connectivity index (χ1) is 17.3. The Labute approximate surface area is 206 Å². The summed E-state index contributed by atoms with van der Waals surface area (Å²) in [6.07, 6.45) is 0.648. The van der Waals surface area contributed by atoms with E-state index in [2.05, 4.69) is 20.9 Å². The number of hydrogen-bond donors (Lipinski definition) is 3. The third-order valence-electron chi connectivity index (χ3n) is 5.56. The first kappa shape index (κ1) is 24.8. The molecule has 0 bridgehead atoms. The lowest BCUT2D eigenvalue weighted by Gasteiger charge is -2.14. The number of anilines is 1. The van der Waals surface area contributed by atoms with Crippen molar-refractivity contribution < 1.29 is 23.5 Å². The largest absolute Gasteiger partial charge is 0.442 e.